The molecule has 0 bridgehead atoms. The molecule has 1 N–H and O–H groups in total. The number of hydrogen-bond donors (Lipinski definition) is 1. The first-order chi connectivity index (χ1) is 14.8. The van der Waals surface area contributed by atoms with Crippen molar-refractivity contribution in [2.75, 3.05) is 48.1 Å². The van der Waals surface area contributed by atoms with Gasteiger partial charge in [-0.15, -0.1) is 0 Å². The van der Waals surface area contributed by atoms with E-state index in [4.69, 9.17) is 22.8 Å². The SMILES string of the molecule is CCCCOC(=O)C(CC(C)C(=O)OC)OC(=O)CCNCCC[Si](OC)(OC)OC. The normalized spacial score (nSPS) is 13.4. The summed E-state index contributed by atoms with van der Waals surface area (Å²) in [4.78, 5) is 36.2. The van der Waals surface area contributed by atoms with Crippen molar-refractivity contribution in [3.63, 3.8) is 0 Å². The van der Waals surface area contributed by atoms with Gasteiger partial charge >= 0.3 is 26.7 Å². The Morgan fingerprint density at radius 2 is 1.58 bits per heavy atom. The van der Waals surface area contributed by atoms with Crippen LogP contribution >= 0.6 is 0 Å². The van der Waals surface area contributed by atoms with Crippen LogP contribution in [-0.2, 0) is 41.9 Å². The number of hydrogen-bond acceptors (Lipinski definition) is 10. The summed E-state index contributed by atoms with van der Waals surface area (Å²) in [5.41, 5.74) is 0. The number of unbranched alkanes of at least 4 members (excludes halogenated alkanes) is 1. The van der Waals surface area contributed by atoms with Gasteiger partial charge in [-0.05, 0) is 19.4 Å². The zero-order chi connectivity index (χ0) is 23.7. The van der Waals surface area contributed by atoms with Crippen molar-refractivity contribution in [3.8, 4) is 0 Å². The summed E-state index contributed by atoms with van der Waals surface area (Å²) in [6.07, 6.45) is 1.27. The Hall–Kier alpha value is -1.53. The molecule has 0 aliphatic heterocycles. The fraction of sp³-hybridized carbons (Fsp3) is 0.850. The molecular weight excluding hydrogens is 426 g/mol. The lowest BCUT2D eigenvalue weighted by molar-refractivity contribution is -0.170. The van der Waals surface area contributed by atoms with Crippen molar-refractivity contribution in [3.05, 3.63) is 0 Å². The molecule has 0 spiro atoms. The summed E-state index contributed by atoms with van der Waals surface area (Å²) in [5, 5.41) is 3.14. The Morgan fingerprint density at radius 3 is 2.13 bits per heavy atom. The van der Waals surface area contributed by atoms with E-state index in [1.807, 2.05) is 6.92 Å². The van der Waals surface area contributed by atoms with Crippen LogP contribution in [0.15, 0.2) is 0 Å². The summed E-state index contributed by atoms with van der Waals surface area (Å²) in [6, 6.07) is 0.644. The summed E-state index contributed by atoms with van der Waals surface area (Å²) in [5.74, 6) is -2.28. The number of rotatable bonds is 18. The highest BCUT2D eigenvalue weighted by atomic mass is 28.4. The van der Waals surface area contributed by atoms with E-state index in [1.165, 1.54) is 7.11 Å². The lowest BCUT2D eigenvalue weighted by Gasteiger charge is -2.24. The second-order valence-electron chi connectivity index (χ2n) is 7.06. The first-order valence-electron chi connectivity index (χ1n) is 10.6. The van der Waals surface area contributed by atoms with Crippen molar-refractivity contribution in [2.24, 2.45) is 5.92 Å². The van der Waals surface area contributed by atoms with Crippen LogP contribution in [0, 0.1) is 5.92 Å². The van der Waals surface area contributed by atoms with Gasteiger partial charge in [0.1, 0.15) is 0 Å². The minimum absolute atomic E-state index is 0.00850. The first kappa shape index (κ1) is 29.5. The van der Waals surface area contributed by atoms with Gasteiger partial charge in [0.25, 0.3) is 0 Å². The average molecular weight is 466 g/mol. The Kier molecular flexibility index (Phi) is 16.2. The highest BCUT2D eigenvalue weighted by Crippen LogP contribution is 2.15. The molecule has 10 nitrogen and oxygen atoms in total. The third kappa shape index (κ3) is 12.2. The molecule has 0 aromatic carbocycles. The molecule has 0 radical (unpaired) electrons. The molecule has 0 saturated heterocycles. The van der Waals surface area contributed by atoms with Crippen LogP contribution in [0.1, 0.15) is 46.0 Å². The molecule has 182 valence electrons. The Labute approximate surface area is 186 Å². The van der Waals surface area contributed by atoms with Gasteiger partial charge < -0.3 is 32.8 Å². The molecule has 0 aromatic heterocycles. The van der Waals surface area contributed by atoms with Crippen molar-refractivity contribution in [1.29, 1.82) is 0 Å². The van der Waals surface area contributed by atoms with Crippen molar-refractivity contribution >= 4 is 26.7 Å². The Morgan fingerprint density at radius 1 is 0.935 bits per heavy atom. The molecule has 0 fully saturated rings. The van der Waals surface area contributed by atoms with Gasteiger partial charge in [-0.2, -0.15) is 0 Å². The molecule has 2 unspecified atom stereocenters. The fourth-order valence-corrected chi connectivity index (χ4v) is 4.46. The number of ether oxygens (including phenoxy) is 3. The van der Waals surface area contributed by atoms with E-state index in [0.29, 0.717) is 25.6 Å². The molecule has 0 rings (SSSR count). The molecule has 0 heterocycles. The van der Waals surface area contributed by atoms with Crippen molar-refractivity contribution in [1.82, 2.24) is 5.32 Å². The number of carbonyl (C=O) groups excluding carboxylic acids is 3. The van der Waals surface area contributed by atoms with E-state index in [0.717, 1.165) is 12.8 Å². The maximum absolute atomic E-state index is 12.3. The van der Waals surface area contributed by atoms with Crippen molar-refractivity contribution in [2.45, 2.75) is 58.1 Å². The molecule has 0 aromatic rings. The average Bonchev–Trinajstić information content (AvgIpc) is 2.78. The van der Waals surface area contributed by atoms with Crippen molar-refractivity contribution < 1.29 is 41.9 Å². The summed E-state index contributed by atoms with van der Waals surface area (Å²) >= 11 is 0. The third-order valence-corrected chi connectivity index (χ3v) is 7.56. The van der Waals surface area contributed by atoms with E-state index in [1.54, 1.807) is 28.3 Å². The van der Waals surface area contributed by atoms with Gasteiger partial charge in [-0.1, -0.05) is 20.3 Å². The first-order valence-corrected chi connectivity index (χ1v) is 12.5. The standard InChI is InChI=1S/C20H39NO9Si/c1-7-8-13-29-20(24)17(15-16(2)19(23)25-3)30-18(22)10-12-21-11-9-14-31(26-4,27-5)28-6/h16-17,21H,7-15H2,1-6H3. The summed E-state index contributed by atoms with van der Waals surface area (Å²) < 4.78 is 31.2. The minimum atomic E-state index is -2.60. The predicted octanol–water partition coefficient (Wildman–Crippen LogP) is 1.69. The van der Waals surface area contributed by atoms with Gasteiger partial charge in [-0.25, -0.2) is 4.79 Å². The lowest BCUT2D eigenvalue weighted by Crippen LogP contribution is -2.43. The highest BCUT2D eigenvalue weighted by molar-refractivity contribution is 6.60. The predicted molar refractivity (Wildman–Crippen MR) is 115 cm³/mol. The maximum atomic E-state index is 12.3. The largest absolute Gasteiger partial charge is 0.500 e. The van der Waals surface area contributed by atoms with E-state index in [2.05, 4.69) is 10.1 Å². The number of methoxy groups -OCH3 is 1. The van der Waals surface area contributed by atoms with E-state index >= 15 is 0 Å². The van der Waals surface area contributed by atoms with Gasteiger partial charge in [0.2, 0.25) is 0 Å². The molecule has 2 atom stereocenters. The smallest absolute Gasteiger partial charge is 0.469 e. The highest BCUT2D eigenvalue weighted by Gasteiger charge is 2.36. The molecule has 31 heavy (non-hydrogen) atoms. The Bertz CT molecular complexity index is 521. The fourth-order valence-electron chi connectivity index (χ4n) is 2.74. The maximum Gasteiger partial charge on any atom is 0.500 e. The van der Waals surface area contributed by atoms with Gasteiger partial charge in [0.05, 0.1) is 26.1 Å². The summed E-state index contributed by atoms with van der Waals surface area (Å²) in [7, 11) is 3.36. The van der Waals surface area contributed by atoms with Crippen LogP contribution in [0.2, 0.25) is 6.04 Å². The van der Waals surface area contributed by atoms with E-state index in [9.17, 15) is 14.4 Å². The van der Waals surface area contributed by atoms with Crippen LogP contribution in [0.4, 0.5) is 0 Å². The quantitative estimate of drug-likeness (QED) is 0.139. The Balaban J connectivity index is 4.48. The second kappa shape index (κ2) is 17.1. The van der Waals surface area contributed by atoms with Crippen LogP contribution in [0.3, 0.4) is 0 Å². The number of nitrogens with one attached hydrogen (secondary N) is 1. The molecule has 0 aliphatic carbocycles. The van der Waals surface area contributed by atoms with Crippen LogP contribution < -0.4 is 5.32 Å². The third-order valence-electron chi connectivity index (χ3n) is 4.73. The lowest BCUT2D eigenvalue weighted by atomic mass is 10.0. The van der Waals surface area contributed by atoms with Gasteiger partial charge in [0.15, 0.2) is 6.10 Å². The van der Waals surface area contributed by atoms with E-state index < -0.39 is 38.7 Å². The van der Waals surface area contributed by atoms with Gasteiger partial charge in [0, 0.05) is 40.3 Å². The van der Waals surface area contributed by atoms with Crippen LogP contribution in [0.25, 0.3) is 0 Å². The molecule has 0 amide bonds. The zero-order valence-electron chi connectivity index (χ0n) is 19.7. The van der Waals surface area contributed by atoms with E-state index in [-0.39, 0.29) is 19.4 Å². The van der Waals surface area contributed by atoms with Crippen LogP contribution in [-0.4, -0.2) is 81.0 Å². The molecule has 0 aliphatic rings. The number of esters is 3. The number of carbonyl (C=O) groups is 3. The van der Waals surface area contributed by atoms with Crippen LogP contribution in [0.5, 0.6) is 0 Å². The second-order valence-corrected chi connectivity index (χ2v) is 10.1. The zero-order valence-corrected chi connectivity index (χ0v) is 20.7. The minimum Gasteiger partial charge on any atom is -0.469 e. The molecular formula is C20H39NO9Si. The molecule has 11 heteroatoms. The monoisotopic (exact) mass is 465 g/mol. The van der Waals surface area contributed by atoms with Gasteiger partial charge in [-0.3, -0.25) is 9.59 Å². The molecule has 0 saturated carbocycles. The topological polar surface area (TPSA) is 119 Å². The summed E-state index contributed by atoms with van der Waals surface area (Å²) in [6.45, 7) is 4.84.